The molecule has 0 bridgehead atoms. The van der Waals surface area contributed by atoms with Gasteiger partial charge in [0, 0.05) is 0 Å². The average Bonchev–Trinajstić information content (AvgIpc) is 2.66. The third-order valence-electron chi connectivity index (χ3n) is 4.12. The van der Waals surface area contributed by atoms with Gasteiger partial charge in [0.1, 0.15) is 0 Å². The van der Waals surface area contributed by atoms with Crippen LogP contribution in [0.1, 0.15) is 43.4 Å². The van der Waals surface area contributed by atoms with Crippen molar-refractivity contribution >= 4 is 16.4 Å². The molecule has 2 heterocycles. The smallest absolute Gasteiger partial charge is 1.00 e. The minimum Gasteiger partial charge on any atom is -1.00 e. The zero-order valence-corrected chi connectivity index (χ0v) is 20.2. The number of halogens is 2. The maximum atomic E-state index is 2.23. The molecule has 5 heteroatoms. The van der Waals surface area contributed by atoms with E-state index in [0.717, 1.165) is 16.4 Å². The second-order valence-corrected chi connectivity index (χ2v) is 8.75. The summed E-state index contributed by atoms with van der Waals surface area (Å²) in [6.07, 6.45) is 0. The quantitative estimate of drug-likeness (QED) is 0.535. The Labute approximate surface area is 165 Å². The third-order valence-corrected chi connectivity index (χ3v) is 7.12. The third kappa shape index (κ3) is 6.98. The number of aryl methyl sites for hydroxylation is 4. The van der Waals surface area contributed by atoms with Crippen LogP contribution < -0.4 is 24.8 Å². The summed E-state index contributed by atoms with van der Waals surface area (Å²) in [7, 11) is 1.95. The molecular formula is C16H26Cl2P2Zr. The molecular weight excluding hydrogens is 416 g/mol. The molecule has 118 valence electrons. The minimum atomic E-state index is 0. The fourth-order valence-corrected chi connectivity index (χ4v) is 4.69. The summed E-state index contributed by atoms with van der Waals surface area (Å²) in [5.74, 6) is 0. The largest absolute Gasteiger partial charge is 2.00 e. The Balaban J connectivity index is -0.000000270. The first-order valence-corrected chi connectivity index (χ1v) is 8.50. The van der Waals surface area contributed by atoms with Gasteiger partial charge in [-0.2, -0.15) is 0 Å². The second kappa shape index (κ2) is 11.5. The van der Waals surface area contributed by atoms with E-state index < -0.39 is 0 Å². The Morgan fingerprint density at radius 2 is 0.571 bits per heavy atom. The molecule has 0 amide bonds. The van der Waals surface area contributed by atoms with E-state index in [0.29, 0.717) is 0 Å². The van der Waals surface area contributed by atoms with Crippen molar-refractivity contribution in [3.63, 3.8) is 0 Å². The molecule has 0 aliphatic carbocycles. The summed E-state index contributed by atoms with van der Waals surface area (Å²) in [4.78, 5) is 0. The summed E-state index contributed by atoms with van der Waals surface area (Å²) >= 11 is 0. The molecule has 2 aromatic rings. The van der Waals surface area contributed by atoms with Gasteiger partial charge in [-0.15, -0.1) is 16.4 Å². The van der Waals surface area contributed by atoms with Crippen molar-refractivity contribution in [2.45, 2.75) is 55.4 Å². The van der Waals surface area contributed by atoms with Crippen LogP contribution in [0.25, 0.3) is 0 Å². The first-order valence-electron chi connectivity index (χ1n) is 6.50. The predicted octanol–water partition coefficient (Wildman–Crippen LogP) is -0.0913. The molecule has 0 aliphatic heterocycles. The van der Waals surface area contributed by atoms with Crippen molar-refractivity contribution < 1.29 is 51.0 Å². The van der Waals surface area contributed by atoms with Gasteiger partial charge in [-0.05, 0) is 98.8 Å². The van der Waals surface area contributed by atoms with Crippen molar-refractivity contribution in [2.24, 2.45) is 0 Å². The van der Waals surface area contributed by atoms with Crippen LogP contribution >= 0.6 is 16.4 Å². The van der Waals surface area contributed by atoms with E-state index in [9.17, 15) is 0 Å². The van der Waals surface area contributed by atoms with Gasteiger partial charge in [0.25, 0.3) is 0 Å². The maximum absolute atomic E-state index is 2.23. The molecule has 0 unspecified atom stereocenters. The van der Waals surface area contributed by atoms with Crippen LogP contribution in [0.4, 0.5) is 0 Å². The van der Waals surface area contributed by atoms with Crippen LogP contribution in [0.2, 0.25) is 0 Å². The first-order chi connectivity index (χ1) is 8.25. The van der Waals surface area contributed by atoms with Crippen LogP contribution in [-0.2, 0) is 26.2 Å². The fourth-order valence-electron chi connectivity index (χ4n) is 2.06. The number of rotatable bonds is 0. The Morgan fingerprint density at radius 1 is 0.429 bits per heavy atom. The molecule has 21 heavy (non-hydrogen) atoms. The van der Waals surface area contributed by atoms with Gasteiger partial charge in [0.05, 0.1) is 0 Å². The van der Waals surface area contributed by atoms with Crippen molar-refractivity contribution in [3.8, 4) is 0 Å². The van der Waals surface area contributed by atoms with Crippen LogP contribution in [0.15, 0.2) is 0 Å². The average molecular weight is 442 g/mol. The predicted molar refractivity (Wildman–Crippen MR) is 89.8 cm³/mol. The van der Waals surface area contributed by atoms with Gasteiger partial charge in [0.2, 0.25) is 0 Å². The van der Waals surface area contributed by atoms with Gasteiger partial charge in [-0.25, -0.2) is 0 Å². The van der Waals surface area contributed by atoms with Crippen LogP contribution in [-0.4, -0.2) is 0 Å². The molecule has 0 aromatic carbocycles. The number of hydrogen-bond donors (Lipinski definition) is 0. The van der Waals surface area contributed by atoms with E-state index in [1.165, 1.54) is 22.3 Å². The van der Waals surface area contributed by atoms with Crippen molar-refractivity contribution in [1.29, 1.82) is 0 Å². The molecule has 2 aromatic heterocycles. The fraction of sp³-hybridized carbons (Fsp3) is 0.500. The van der Waals surface area contributed by atoms with E-state index in [2.05, 4.69) is 55.4 Å². The van der Waals surface area contributed by atoms with Gasteiger partial charge in [-0.1, -0.05) is 0 Å². The maximum Gasteiger partial charge on any atom is 2.00 e. The zero-order chi connectivity index (χ0) is 14.0. The van der Waals surface area contributed by atoms with E-state index in [-0.39, 0.29) is 51.0 Å². The molecule has 0 aliphatic rings. The first kappa shape index (κ1) is 26.9. The van der Waals surface area contributed by atoms with Gasteiger partial charge in [0.15, 0.2) is 0 Å². The molecule has 0 N–H and O–H groups in total. The van der Waals surface area contributed by atoms with Gasteiger partial charge >= 0.3 is 26.2 Å². The van der Waals surface area contributed by atoms with Gasteiger partial charge in [-0.3, -0.25) is 0 Å². The molecule has 0 saturated carbocycles. The number of hydrogen-bond acceptors (Lipinski definition) is 0. The standard InChI is InChI=1S/2C8H13P.2ClH.Zr/c2*1-5-6(2)8(4)9-7(5)3;;;/h2*9H,1-4H3;2*1H;/q;;;;+2/p-2. The van der Waals surface area contributed by atoms with E-state index in [1.807, 2.05) is 0 Å². The molecule has 0 atom stereocenters. The normalized spacial score (nSPS) is 8.76. The molecule has 0 nitrogen and oxygen atoms in total. The summed E-state index contributed by atoms with van der Waals surface area (Å²) in [5, 5.41) is 6.30. The van der Waals surface area contributed by atoms with Crippen molar-refractivity contribution in [2.75, 3.05) is 0 Å². The monoisotopic (exact) mass is 440 g/mol. The van der Waals surface area contributed by atoms with Crippen LogP contribution in [0.5, 0.6) is 0 Å². The summed E-state index contributed by atoms with van der Waals surface area (Å²) < 4.78 is 0. The minimum absolute atomic E-state index is 0. The van der Waals surface area contributed by atoms with Crippen molar-refractivity contribution in [1.82, 2.24) is 0 Å². The summed E-state index contributed by atoms with van der Waals surface area (Å²) in [6, 6.07) is 0. The second-order valence-electron chi connectivity index (χ2n) is 5.25. The molecule has 0 fully saturated rings. The van der Waals surface area contributed by atoms with E-state index in [1.54, 1.807) is 21.2 Å². The Kier molecular flexibility index (Phi) is 14.8. The van der Waals surface area contributed by atoms with E-state index in [4.69, 9.17) is 0 Å². The molecule has 2 rings (SSSR count). The van der Waals surface area contributed by atoms with E-state index >= 15 is 0 Å². The summed E-state index contributed by atoms with van der Waals surface area (Å²) in [6.45, 7) is 17.8. The Bertz CT molecular complexity index is 462. The van der Waals surface area contributed by atoms with Crippen LogP contribution in [0, 0.1) is 55.4 Å². The molecule has 0 saturated heterocycles. The molecule has 0 spiro atoms. The Morgan fingerprint density at radius 3 is 0.619 bits per heavy atom. The summed E-state index contributed by atoms with van der Waals surface area (Å²) in [5.41, 5.74) is 6.08. The Hall–Kier alpha value is 1.02. The zero-order valence-electron chi connectivity index (χ0n) is 14.3. The topological polar surface area (TPSA) is 0 Å². The van der Waals surface area contributed by atoms with Crippen molar-refractivity contribution in [3.05, 3.63) is 43.4 Å². The van der Waals surface area contributed by atoms with Crippen LogP contribution in [0.3, 0.4) is 0 Å². The van der Waals surface area contributed by atoms with Gasteiger partial charge < -0.3 is 24.8 Å². The SMILES string of the molecule is Cc1[pH]c(C)c(C)c1C.Cc1[pH]c(C)c(C)c1C.[Cl-].[Cl-].[Zr+2]. The molecule has 0 radical (unpaired) electrons.